The topological polar surface area (TPSA) is 73.3 Å². The second kappa shape index (κ2) is 5.75. The first-order valence-electron chi connectivity index (χ1n) is 6.35. The minimum Gasteiger partial charge on any atom is -0.437 e. The maximum atomic E-state index is 9.29. The van der Waals surface area contributed by atoms with Gasteiger partial charge in [0.15, 0.2) is 0 Å². The fourth-order valence-electron chi connectivity index (χ4n) is 1.96. The second-order valence-electron chi connectivity index (χ2n) is 4.41. The lowest BCUT2D eigenvalue weighted by Gasteiger charge is -2.10. The first-order chi connectivity index (χ1) is 9.17. The molecule has 0 atom stereocenters. The van der Waals surface area contributed by atoms with Crippen molar-refractivity contribution >= 4 is 5.69 Å². The summed E-state index contributed by atoms with van der Waals surface area (Å²) in [5.74, 6) is 1.12. The minimum absolute atomic E-state index is 0.0737. The van der Waals surface area contributed by atoms with Crippen molar-refractivity contribution < 1.29 is 9.84 Å². The predicted molar refractivity (Wildman–Crippen MR) is 74.1 cm³/mol. The molecule has 0 bridgehead atoms. The fraction of sp³-hybridized carbons (Fsp3) is 0.357. The Balaban J connectivity index is 2.33. The smallest absolute Gasteiger partial charge is 0.241 e. The van der Waals surface area contributed by atoms with E-state index in [1.807, 2.05) is 18.2 Å². The molecule has 0 aliphatic carbocycles. The summed E-state index contributed by atoms with van der Waals surface area (Å²) in [6.07, 6.45) is 1.80. The number of nitrogens with two attached hydrogens (primary N) is 1. The average molecular weight is 261 g/mol. The highest BCUT2D eigenvalue weighted by Gasteiger charge is 2.15. The third-order valence-electron chi connectivity index (χ3n) is 2.94. The molecule has 1 heterocycles. The summed E-state index contributed by atoms with van der Waals surface area (Å²) in [6, 6.07) is 7.33. The molecule has 0 radical (unpaired) electrons. The summed E-state index contributed by atoms with van der Waals surface area (Å²) < 4.78 is 7.44. The number of aryl methyl sites for hydroxylation is 2. The van der Waals surface area contributed by atoms with Crippen LogP contribution in [-0.2, 0) is 20.1 Å². The van der Waals surface area contributed by atoms with Gasteiger partial charge in [-0.1, -0.05) is 31.5 Å². The summed E-state index contributed by atoms with van der Waals surface area (Å²) in [5.41, 5.74) is 8.20. The van der Waals surface area contributed by atoms with E-state index in [0.29, 0.717) is 17.3 Å². The summed E-state index contributed by atoms with van der Waals surface area (Å²) in [7, 11) is 1.80. The van der Waals surface area contributed by atoms with Crippen LogP contribution in [0.4, 0.5) is 5.69 Å². The van der Waals surface area contributed by atoms with E-state index in [-0.39, 0.29) is 6.61 Å². The van der Waals surface area contributed by atoms with Crippen molar-refractivity contribution in [3.63, 3.8) is 0 Å². The van der Waals surface area contributed by atoms with Gasteiger partial charge in [0.05, 0.1) is 12.3 Å². The molecule has 0 aliphatic heterocycles. The number of hydrogen-bond donors (Lipinski definition) is 2. The molecule has 1 aromatic heterocycles. The van der Waals surface area contributed by atoms with Crippen molar-refractivity contribution in [3.8, 4) is 11.6 Å². The first-order valence-corrected chi connectivity index (χ1v) is 6.35. The van der Waals surface area contributed by atoms with E-state index in [9.17, 15) is 5.11 Å². The molecule has 19 heavy (non-hydrogen) atoms. The van der Waals surface area contributed by atoms with Crippen LogP contribution < -0.4 is 10.5 Å². The number of benzene rings is 1. The van der Waals surface area contributed by atoms with Crippen LogP contribution in [0, 0.1) is 0 Å². The van der Waals surface area contributed by atoms with Crippen LogP contribution in [0.1, 0.15) is 24.6 Å². The summed E-state index contributed by atoms with van der Waals surface area (Å²) in [6.45, 7) is 2.01. The van der Waals surface area contributed by atoms with Crippen molar-refractivity contribution in [2.24, 2.45) is 7.05 Å². The van der Waals surface area contributed by atoms with E-state index >= 15 is 0 Å². The Kier molecular flexibility index (Phi) is 4.06. The second-order valence-corrected chi connectivity index (χ2v) is 4.41. The Morgan fingerprint density at radius 1 is 1.37 bits per heavy atom. The number of aliphatic hydroxyl groups excluding tert-OH is 1. The maximum Gasteiger partial charge on any atom is 0.241 e. The summed E-state index contributed by atoms with van der Waals surface area (Å²) in [5, 5.41) is 13.6. The molecular weight excluding hydrogens is 242 g/mol. The Hall–Kier alpha value is -2.01. The van der Waals surface area contributed by atoms with Crippen molar-refractivity contribution in [2.75, 3.05) is 5.73 Å². The number of aromatic nitrogens is 2. The number of para-hydroxylation sites is 1. The van der Waals surface area contributed by atoms with Crippen molar-refractivity contribution in [1.82, 2.24) is 9.78 Å². The van der Waals surface area contributed by atoms with Gasteiger partial charge < -0.3 is 15.6 Å². The van der Waals surface area contributed by atoms with E-state index in [4.69, 9.17) is 10.5 Å². The van der Waals surface area contributed by atoms with E-state index in [1.165, 1.54) is 0 Å². The third-order valence-corrected chi connectivity index (χ3v) is 2.94. The maximum absolute atomic E-state index is 9.29. The SMILES string of the molecule is CCCc1nn(C)c(Oc2ccccc2CO)c1N. The highest BCUT2D eigenvalue weighted by Crippen LogP contribution is 2.31. The summed E-state index contributed by atoms with van der Waals surface area (Å²) >= 11 is 0. The van der Waals surface area contributed by atoms with Crippen LogP contribution in [0.5, 0.6) is 11.6 Å². The van der Waals surface area contributed by atoms with Crippen LogP contribution in [0.25, 0.3) is 0 Å². The van der Waals surface area contributed by atoms with Gasteiger partial charge in [-0.2, -0.15) is 5.10 Å². The van der Waals surface area contributed by atoms with E-state index in [0.717, 1.165) is 24.1 Å². The van der Waals surface area contributed by atoms with Crippen LogP contribution in [-0.4, -0.2) is 14.9 Å². The molecule has 1 aromatic carbocycles. The van der Waals surface area contributed by atoms with E-state index in [1.54, 1.807) is 17.8 Å². The highest BCUT2D eigenvalue weighted by atomic mass is 16.5. The number of rotatable bonds is 5. The minimum atomic E-state index is -0.0737. The molecule has 3 N–H and O–H groups in total. The molecule has 0 unspecified atom stereocenters. The Labute approximate surface area is 112 Å². The molecule has 0 saturated heterocycles. The Morgan fingerprint density at radius 2 is 2.11 bits per heavy atom. The van der Waals surface area contributed by atoms with Gasteiger partial charge in [-0.05, 0) is 12.5 Å². The molecule has 2 aromatic rings. The van der Waals surface area contributed by atoms with Crippen LogP contribution >= 0.6 is 0 Å². The normalized spacial score (nSPS) is 10.7. The van der Waals surface area contributed by atoms with Gasteiger partial charge in [-0.15, -0.1) is 0 Å². The van der Waals surface area contributed by atoms with Gasteiger partial charge in [0, 0.05) is 12.6 Å². The Bertz CT molecular complexity index is 564. The molecule has 2 rings (SSSR count). The lowest BCUT2D eigenvalue weighted by Crippen LogP contribution is -1.99. The molecule has 0 fully saturated rings. The fourth-order valence-corrected chi connectivity index (χ4v) is 1.96. The largest absolute Gasteiger partial charge is 0.437 e. The number of ether oxygens (including phenoxy) is 1. The van der Waals surface area contributed by atoms with Gasteiger partial charge in [-0.25, -0.2) is 4.68 Å². The number of nitrogen functional groups attached to an aromatic ring is 1. The van der Waals surface area contributed by atoms with Gasteiger partial charge in [0.25, 0.3) is 0 Å². The number of nitrogens with zero attached hydrogens (tertiary/aromatic N) is 2. The Morgan fingerprint density at radius 3 is 2.79 bits per heavy atom. The third kappa shape index (κ3) is 2.71. The average Bonchev–Trinajstić information content (AvgIpc) is 2.68. The van der Waals surface area contributed by atoms with E-state index < -0.39 is 0 Å². The van der Waals surface area contributed by atoms with Crippen molar-refractivity contribution in [1.29, 1.82) is 0 Å². The van der Waals surface area contributed by atoms with E-state index in [2.05, 4.69) is 12.0 Å². The standard InChI is InChI=1S/C14H19N3O2/c1-3-6-11-13(15)14(17(2)16-11)19-12-8-5-4-7-10(12)9-18/h4-5,7-8,18H,3,6,9,15H2,1-2H3. The van der Waals surface area contributed by atoms with Gasteiger partial charge >= 0.3 is 0 Å². The lowest BCUT2D eigenvalue weighted by molar-refractivity contribution is 0.275. The molecule has 0 spiro atoms. The molecule has 102 valence electrons. The number of aliphatic hydroxyl groups is 1. The van der Waals surface area contributed by atoms with Gasteiger partial charge in [-0.3, -0.25) is 0 Å². The molecule has 0 amide bonds. The molecular formula is C14H19N3O2. The number of hydrogen-bond acceptors (Lipinski definition) is 4. The molecule has 5 heteroatoms. The molecule has 5 nitrogen and oxygen atoms in total. The molecule has 0 aliphatic rings. The zero-order valence-electron chi connectivity index (χ0n) is 11.3. The highest BCUT2D eigenvalue weighted by molar-refractivity contribution is 5.55. The monoisotopic (exact) mass is 261 g/mol. The van der Waals surface area contributed by atoms with Crippen molar-refractivity contribution in [2.45, 2.75) is 26.4 Å². The van der Waals surface area contributed by atoms with Crippen LogP contribution in [0.3, 0.4) is 0 Å². The summed E-state index contributed by atoms with van der Waals surface area (Å²) in [4.78, 5) is 0. The van der Waals surface area contributed by atoms with Gasteiger partial charge in [0.2, 0.25) is 5.88 Å². The lowest BCUT2D eigenvalue weighted by atomic mass is 10.2. The van der Waals surface area contributed by atoms with Gasteiger partial charge in [0.1, 0.15) is 11.4 Å². The zero-order valence-corrected chi connectivity index (χ0v) is 11.3. The van der Waals surface area contributed by atoms with Crippen LogP contribution in [0.15, 0.2) is 24.3 Å². The van der Waals surface area contributed by atoms with Crippen molar-refractivity contribution in [3.05, 3.63) is 35.5 Å². The zero-order chi connectivity index (χ0) is 13.8. The predicted octanol–water partition coefficient (Wildman–Crippen LogP) is 2.24. The molecule has 0 saturated carbocycles. The number of anilines is 1. The first kappa shape index (κ1) is 13.4. The van der Waals surface area contributed by atoms with Crippen LogP contribution in [0.2, 0.25) is 0 Å². The quantitative estimate of drug-likeness (QED) is 0.865.